The summed E-state index contributed by atoms with van der Waals surface area (Å²) in [5.74, 6) is 0.105. The Hall–Kier alpha value is -1.97. The number of aromatic hydroxyl groups is 1. The molecule has 0 amide bonds. The average Bonchev–Trinajstić information content (AvgIpc) is 2.53. The second-order valence-electron chi connectivity index (χ2n) is 5.20. The largest absolute Gasteiger partial charge is 0.504 e. The van der Waals surface area contributed by atoms with Crippen LogP contribution < -0.4 is 4.74 Å². The lowest BCUT2D eigenvalue weighted by molar-refractivity contribution is -0.137. The fourth-order valence-corrected chi connectivity index (χ4v) is 2.07. The van der Waals surface area contributed by atoms with Crippen molar-refractivity contribution in [1.82, 2.24) is 0 Å². The van der Waals surface area contributed by atoms with Crippen LogP contribution in [0.25, 0.3) is 6.08 Å². The highest BCUT2D eigenvalue weighted by Crippen LogP contribution is 2.26. The quantitative estimate of drug-likeness (QED) is 0.397. The normalized spacial score (nSPS) is 10.8. The molecule has 0 saturated carbocycles. The molecule has 1 aromatic carbocycles. The van der Waals surface area contributed by atoms with Crippen molar-refractivity contribution in [2.45, 2.75) is 45.4 Å². The Balaban J connectivity index is 2.27. The van der Waals surface area contributed by atoms with Crippen LogP contribution in [0.1, 0.15) is 51.0 Å². The Labute approximate surface area is 132 Å². The zero-order valence-electron chi connectivity index (χ0n) is 13.5. The van der Waals surface area contributed by atoms with Crippen molar-refractivity contribution in [3.05, 3.63) is 29.8 Å². The summed E-state index contributed by atoms with van der Waals surface area (Å²) in [5, 5.41) is 9.49. The van der Waals surface area contributed by atoms with E-state index in [0.29, 0.717) is 12.4 Å². The topological polar surface area (TPSA) is 55.8 Å². The van der Waals surface area contributed by atoms with Gasteiger partial charge < -0.3 is 14.6 Å². The molecule has 22 heavy (non-hydrogen) atoms. The summed E-state index contributed by atoms with van der Waals surface area (Å²) in [5.41, 5.74) is 0.770. The molecule has 0 aliphatic rings. The summed E-state index contributed by atoms with van der Waals surface area (Å²) >= 11 is 0. The predicted octanol–water partition coefficient (Wildman–Crippen LogP) is 4.32. The molecule has 0 saturated heterocycles. The molecule has 0 aliphatic heterocycles. The van der Waals surface area contributed by atoms with Gasteiger partial charge in [-0.05, 0) is 30.2 Å². The van der Waals surface area contributed by atoms with Gasteiger partial charge in [0, 0.05) is 6.08 Å². The first-order valence-electron chi connectivity index (χ1n) is 7.89. The number of carbonyl (C=O) groups is 1. The number of benzene rings is 1. The van der Waals surface area contributed by atoms with E-state index in [2.05, 4.69) is 6.92 Å². The van der Waals surface area contributed by atoms with Crippen molar-refractivity contribution < 1.29 is 19.4 Å². The number of rotatable bonds is 10. The number of hydrogen-bond donors (Lipinski definition) is 1. The smallest absolute Gasteiger partial charge is 0.330 e. The number of hydrogen-bond acceptors (Lipinski definition) is 4. The Morgan fingerprint density at radius 3 is 2.64 bits per heavy atom. The molecule has 0 unspecified atom stereocenters. The van der Waals surface area contributed by atoms with Gasteiger partial charge in [0.15, 0.2) is 11.5 Å². The fraction of sp³-hybridized carbons (Fsp3) is 0.500. The minimum atomic E-state index is -0.347. The molecule has 0 atom stereocenters. The zero-order chi connectivity index (χ0) is 16.2. The number of phenolic OH excluding ortho intramolecular Hbond substituents is 1. The van der Waals surface area contributed by atoms with Gasteiger partial charge in [-0.25, -0.2) is 4.79 Å². The third kappa shape index (κ3) is 7.16. The van der Waals surface area contributed by atoms with E-state index in [1.165, 1.54) is 44.9 Å². The van der Waals surface area contributed by atoms with Crippen LogP contribution in [0.4, 0.5) is 0 Å². The van der Waals surface area contributed by atoms with Crippen LogP contribution >= 0.6 is 0 Å². The van der Waals surface area contributed by atoms with Crippen molar-refractivity contribution in [2.24, 2.45) is 0 Å². The van der Waals surface area contributed by atoms with E-state index in [9.17, 15) is 9.90 Å². The Bertz CT molecular complexity index is 480. The van der Waals surface area contributed by atoms with Crippen molar-refractivity contribution in [2.75, 3.05) is 13.7 Å². The second kappa shape index (κ2) is 10.7. The van der Waals surface area contributed by atoms with Crippen molar-refractivity contribution >= 4 is 12.0 Å². The van der Waals surface area contributed by atoms with E-state index in [1.807, 2.05) is 0 Å². The van der Waals surface area contributed by atoms with Gasteiger partial charge in [-0.1, -0.05) is 45.1 Å². The number of methoxy groups -OCH3 is 1. The lowest BCUT2D eigenvalue weighted by Gasteiger charge is -2.04. The maximum Gasteiger partial charge on any atom is 0.330 e. The molecular weight excluding hydrogens is 280 g/mol. The van der Waals surface area contributed by atoms with Crippen LogP contribution in [0.15, 0.2) is 24.3 Å². The average molecular weight is 306 g/mol. The standard InChI is InChI=1S/C18H26O4/c1-3-4-5-6-7-8-13-22-18(20)12-10-15-9-11-16(19)17(14-15)21-2/h9-12,14,19H,3-8,13H2,1-2H3/b12-10+. The Morgan fingerprint density at radius 1 is 1.18 bits per heavy atom. The molecule has 122 valence electrons. The summed E-state index contributed by atoms with van der Waals surface area (Å²) in [6.45, 7) is 2.66. The van der Waals surface area contributed by atoms with Gasteiger partial charge in [0.05, 0.1) is 13.7 Å². The van der Waals surface area contributed by atoms with E-state index in [0.717, 1.165) is 18.4 Å². The summed E-state index contributed by atoms with van der Waals surface area (Å²) in [4.78, 5) is 11.6. The first-order valence-corrected chi connectivity index (χ1v) is 7.89. The summed E-state index contributed by atoms with van der Waals surface area (Å²) in [6.07, 6.45) is 10.0. The van der Waals surface area contributed by atoms with Gasteiger partial charge in [-0.2, -0.15) is 0 Å². The first-order chi connectivity index (χ1) is 10.7. The van der Waals surface area contributed by atoms with Crippen molar-refractivity contribution in [3.63, 3.8) is 0 Å². The minimum Gasteiger partial charge on any atom is -0.504 e. The highest BCUT2D eigenvalue weighted by atomic mass is 16.5. The van der Waals surface area contributed by atoms with Gasteiger partial charge in [-0.3, -0.25) is 0 Å². The molecular formula is C18H26O4. The monoisotopic (exact) mass is 306 g/mol. The minimum absolute atomic E-state index is 0.0744. The number of phenols is 1. The summed E-state index contributed by atoms with van der Waals surface area (Å²) in [6, 6.07) is 4.89. The Kier molecular flexibility index (Phi) is 8.80. The van der Waals surface area contributed by atoms with Crippen LogP contribution in [0.5, 0.6) is 11.5 Å². The van der Waals surface area contributed by atoms with Gasteiger partial charge in [0.25, 0.3) is 0 Å². The van der Waals surface area contributed by atoms with Gasteiger partial charge in [0.1, 0.15) is 0 Å². The lowest BCUT2D eigenvalue weighted by Crippen LogP contribution is -2.02. The van der Waals surface area contributed by atoms with Crippen LogP contribution in [-0.2, 0) is 9.53 Å². The number of esters is 1. The van der Waals surface area contributed by atoms with E-state index >= 15 is 0 Å². The van der Waals surface area contributed by atoms with Gasteiger partial charge in [-0.15, -0.1) is 0 Å². The maximum atomic E-state index is 11.6. The van der Waals surface area contributed by atoms with Gasteiger partial charge in [0.2, 0.25) is 0 Å². The molecule has 0 heterocycles. The summed E-state index contributed by atoms with van der Waals surface area (Å²) in [7, 11) is 1.48. The molecule has 0 fully saturated rings. The first kappa shape index (κ1) is 18.1. The number of carbonyl (C=O) groups excluding carboxylic acids is 1. The molecule has 1 aromatic rings. The molecule has 1 N–H and O–H groups in total. The zero-order valence-corrected chi connectivity index (χ0v) is 13.5. The molecule has 0 radical (unpaired) electrons. The molecule has 4 heteroatoms. The molecule has 0 aromatic heterocycles. The van der Waals surface area contributed by atoms with Crippen LogP contribution in [-0.4, -0.2) is 24.8 Å². The van der Waals surface area contributed by atoms with Gasteiger partial charge >= 0.3 is 5.97 Å². The van der Waals surface area contributed by atoms with Crippen LogP contribution in [0.2, 0.25) is 0 Å². The Morgan fingerprint density at radius 2 is 1.91 bits per heavy atom. The number of unbranched alkanes of at least 4 members (excludes halogenated alkanes) is 5. The molecule has 4 nitrogen and oxygen atoms in total. The second-order valence-corrected chi connectivity index (χ2v) is 5.20. The van der Waals surface area contributed by atoms with E-state index in [4.69, 9.17) is 9.47 Å². The van der Waals surface area contributed by atoms with Crippen LogP contribution in [0, 0.1) is 0 Å². The van der Waals surface area contributed by atoms with Crippen molar-refractivity contribution in [3.8, 4) is 11.5 Å². The van der Waals surface area contributed by atoms with Crippen LogP contribution in [0.3, 0.4) is 0 Å². The number of ether oxygens (including phenoxy) is 2. The third-order valence-corrected chi connectivity index (χ3v) is 3.36. The fourth-order valence-electron chi connectivity index (χ4n) is 2.07. The lowest BCUT2D eigenvalue weighted by atomic mass is 10.1. The summed E-state index contributed by atoms with van der Waals surface area (Å²) < 4.78 is 10.2. The van der Waals surface area contributed by atoms with E-state index < -0.39 is 0 Å². The van der Waals surface area contributed by atoms with E-state index in [1.54, 1.807) is 18.2 Å². The molecule has 0 spiro atoms. The highest BCUT2D eigenvalue weighted by Gasteiger charge is 2.02. The highest BCUT2D eigenvalue weighted by molar-refractivity contribution is 5.87. The van der Waals surface area contributed by atoms with E-state index in [-0.39, 0.29) is 11.7 Å². The third-order valence-electron chi connectivity index (χ3n) is 3.36. The maximum absolute atomic E-state index is 11.6. The molecule has 0 bridgehead atoms. The SMILES string of the molecule is CCCCCCCCOC(=O)/C=C/c1ccc(O)c(OC)c1. The van der Waals surface area contributed by atoms with Crippen molar-refractivity contribution in [1.29, 1.82) is 0 Å². The molecule has 1 rings (SSSR count). The molecule has 0 aliphatic carbocycles. The predicted molar refractivity (Wildman–Crippen MR) is 88.0 cm³/mol.